The number of para-hydroxylation sites is 1. The maximum Gasteiger partial charge on any atom is 0.418 e. The zero-order valence-electron chi connectivity index (χ0n) is 17.2. The van der Waals surface area contributed by atoms with Crippen LogP contribution in [0.4, 0.5) is 28.9 Å². The third-order valence-electron chi connectivity index (χ3n) is 5.09. The molecule has 0 saturated carbocycles. The van der Waals surface area contributed by atoms with Gasteiger partial charge in [-0.3, -0.25) is 9.59 Å². The Morgan fingerprint density at radius 1 is 1.03 bits per heavy atom. The van der Waals surface area contributed by atoms with Gasteiger partial charge in [0.1, 0.15) is 12.4 Å². The van der Waals surface area contributed by atoms with Gasteiger partial charge in [-0.25, -0.2) is 4.39 Å². The molecule has 1 aliphatic rings. The minimum atomic E-state index is -4.85. The standard InChI is InChI=1S/C24H18F4N2O2S/c25-16-9-10-19(18(13-16)24(26,27)28)29-21(31)14-30-22(32)11-12-33-20-8-4-7-17(23(20)30)15-5-2-1-3-6-15/h1-10,13H,11-12,14H2,(H,29,31). The smallest absolute Gasteiger partial charge is 0.324 e. The van der Waals surface area contributed by atoms with Gasteiger partial charge >= 0.3 is 6.18 Å². The highest BCUT2D eigenvalue weighted by atomic mass is 32.2. The van der Waals surface area contributed by atoms with Crippen molar-refractivity contribution in [3.63, 3.8) is 0 Å². The first kappa shape index (κ1) is 22.8. The van der Waals surface area contributed by atoms with Crippen LogP contribution in [0.2, 0.25) is 0 Å². The Labute approximate surface area is 191 Å². The summed E-state index contributed by atoms with van der Waals surface area (Å²) < 4.78 is 53.3. The van der Waals surface area contributed by atoms with Crippen molar-refractivity contribution in [1.29, 1.82) is 0 Å². The fourth-order valence-electron chi connectivity index (χ4n) is 3.64. The number of benzene rings is 3. The van der Waals surface area contributed by atoms with Gasteiger partial charge in [0.2, 0.25) is 11.8 Å². The molecule has 0 bridgehead atoms. The number of nitrogens with zero attached hydrogens (tertiary/aromatic N) is 1. The summed E-state index contributed by atoms with van der Waals surface area (Å²) in [5, 5.41) is 2.20. The van der Waals surface area contributed by atoms with Crippen LogP contribution >= 0.6 is 11.8 Å². The van der Waals surface area contributed by atoms with E-state index in [2.05, 4.69) is 5.32 Å². The molecule has 170 valence electrons. The molecule has 0 fully saturated rings. The maximum absolute atomic E-state index is 13.4. The minimum Gasteiger partial charge on any atom is -0.324 e. The number of rotatable bonds is 4. The molecular formula is C24H18F4N2O2S. The lowest BCUT2D eigenvalue weighted by molar-refractivity contribution is -0.137. The average Bonchev–Trinajstić information content (AvgIpc) is 2.93. The third kappa shape index (κ3) is 5.03. The molecule has 33 heavy (non-hydrogen) atoms. The lowest BCUT2D eigenvalue weighted by atomic mass is 10.0. The van der Waals surface area contributed by atoms with E-state index in [0.29, 0.717) is 17.5 Å². The predicted molar refractivity (Wildman–Crippen MR) is 120 cm³/mol. The van der Waals surface area contributed by atoms with Crippen LogP contribution in [0.15, 0.2) is 71.6 Å². The second kappa shape index (κ2) is 9.27. The van der Waals surface area contributed by atoms with Gasteiger partial charge in [0.15, 0.2) is 0 Å². The predicted octanol–water partition coefficient (Wildman–Crippen LogP) is 5.98. The summed E-state index contributed by atoms with van der Waals surface area (Å²) in [5.74, 6) is -1.68. The van der Waals surface area contributed by atoms with Crippen molar-refractivity contribution in [2.45, 2.75) is 17.5 Å². The zero-order chi connectivity index (χ0) is 23.6. The number of amides is 2. The molecule has 0 unspecified atom stereocenters. The minimum absolute atomic E-state index is 0.172. The first-order valence-corrected chi connectivity index (χ1v) is 11.0. The van der Waals surface area contributed by atoms with Gasteiger partial charge in [-0.15, -0.1) is 11.8 Å². The summed E-state index contributed by atoms with van der Waals surface area (Å²) in [6.07, 6.45) is -4.68. The van der Waals surface area contributed by atoms with Crippen LogP contribution in [-0.2, 0) is 15.8 Å². The maximum atomic E-state index is 13.4. The van der Waals surface area contributed by atoms with E-state index in [-0.39, 0.29) is 12.3 Å². The van der Waals surface area contributed by atoms with E-state index >= 15 is 0 Å². The van der Waals surface area contributed by atoms with Crippen LogP contribution in [0, 0.1) is 5.82 Å². The van der Waals surface area contributed by atoms with Gasteiger partial charge in [0.05, 0.1) is 16.9 Å². The highest BCUT2D eigenvalue weighted by molar-refractivity contribution is 7.99. The number of nitrogens with one attached hydrogen (secondary N) is 1. The van der Waals surface area contributed by atoms with Crippen LogP contribution < -0.4 is 10.2 Å². The van der Waals surface area contributed by atoms with E-state index < -0.39 is 35.7 Å². The molecule has 0 radical (unpaired) electrons. The quantitative estimate of drug-likeness (QED) is 0.474. The number of carbonyl (C=O) groups excluding carboxylic acids is 2. The molecular weight excluding hydrogens is 456 g/mol. The molecule has 1 heterocycles. The van der Waals surface area contributed by atoms with E-state index in [4.69, 9.17) is 0 Å². The number of carbonyl (C=O) groups is 2. The molecule has 4 nitrogen and oxygen atoms in total. The van der Waals surface area contributed by atoms with Crippen molar-refractivity contribution in [3.05, 3.63) is 78.1 Å². The Morgan fingerprint density at radius 3 is 2.52 bits per heavy atom. The number of alkyl halides is 3. The number of thioether (sulfide) groups is 1. The van der Waals surface area contributed by atoms with Gasteiger partial charge in [0.25, 0.3) is 0 Å². The second-order valence-corrected chi connectivity index (χ2v) is 8.47. The molecule has 0 atom stereocenters. The Bertz CT molecular complexity index is 1200. The Balaban J connectivity index is 1.69. The van der Waals surface area contributed by atoms with Crippen molar-refractivity contribution in [1.82, 2.24) is 0 Å². The molecule has 1 N–H and O–H groups in total. The number of fused-ring (bicyclic) bond motifs is 1. The van der Waals surface area contributed by atoms with Gasteiger partial charge in [-0.2, -0.15) is 13.2 Å². The number of hydrogen-bond donors (Lipinski definition) is 1. The summed E-state index contributed by atoms with van der Waals surface area (Å²) in [5.41, 5.74) is 0.261. The van der Waals surface area contributed by atoms with Gasteiger partial charge in [-0.05, 0) is 29.8 Å². The van der Waals surface area contributed by atoms with Crippen LogP contribution in [-0.4, -0.2) is 24.1 Å². The largest absolute Gasteiger partial charge is 0.418 e. The average molecular weight is 474 g/mol. The van der Waals surface area contributed by atoms with E-state index in [9.17, 15) is 27.2 Å². The molecule has 9 heteroatoms. The Morgan fingerprint density at radius 2 is 1.79 bits per heavy atom. The van der Waals surface area contributed by atoms with E-state index in [1.165, 1.54) is 16.7 Å². The Kier molecular flexibility index (Phi) is 6.42. The van der Waals surface area contributed by atoms with Gasteiger partial charge in [-0.1, -0.05) is 42.5 Å². The summed E-state index contributed by atoms with van der Waals surface area (Å²) >= 11 is 1.48. The summed E-state index contributed by atoms with van der Waals surface area (Å²) in [6.45, 7) is -0.481. The third-order valence-corrected chi connectivity index (χ3v) is 6.14. The van der Waals surface area contributed by atoms with Crippen molar-refractivity contribution >= 4 is 35.0 Å². The highest BCUT2D eigenvalue weighted by Crippen LogP contribution is 2.42. The van der Waals surface area contributed by atoms with E-state index in [1.807, 2.05) is 48.5 Å². The molecule has 1 aliphatic heterocycles. The molecule has 0 saturated heterocycles. The summed E-state index contributed by atoms with van der Waals surface area (Å²) in [7, 11) is 0. The number of hydrogen-bond acceptors (Lipinski definition) is 3. The van der Waals surface area contributed by atoms with E-state index in [0.717, 1.165) is 28.2 Å². The molecule has 0 aromatic heterocycles. The normalized spacial score (nSPS) is 13.9. The van der Waals surface area contributed by atoms with Crippen molar-refractivity contribution < 1.29 is 27.2 Å². The summed E-state index contributed by atoms with van der Waals surface area (Å²) in [4.78, 5) is 27.8. The second-order valence-electron chi connectivity index (χ2n) is 7.33. The molecule has 0 aliphatic carbocycles. The SMILES string of the molecule is O=C(CN1C(=O)CCSc2cccc(-c3ccccc3)c21)Nc1ccc(F)cc1C(F)(F)F. The zero-order valence-corrected chi connectivity index (χ0v) is 18.0. The molecule has 2 amide bonds. The lowest BCUT2D eigenvalue weighted by Gasteiger charge is -2.25. The first-order chi connectivity index (χ1) is 15.7. The molecule has 0 spiro atoms. The molecule has 3 aromatic carbocycles. The molecule has 4 rings (SSSR count). The summed E-state index contributed by atoms with van der Waals surface area (Å²) in [6, 6.07) is 16.9. The van der Waals surface area contributed by atoms with Gasteiger partial charge < -0.3 is 10.2 Å². The lowest BCUT2D eigenvalue weighted by Crippen LogP contribution is -2.38. The molecule has 3 aromatic rings. The number of halogens is 4. The first-order valence-electron chi connectivity index (χ1n) is 10.0. The van der Waals surface area contributed by atoms with Gasteiger partial charge in [0, 0.05) is 22.6 Å². The van der Waals surface area contributed by atoms with Crippen LogP contribution in [0.5, 0.6) is 0 Å². The van der Waals surface area contributed by atoms with Crippen LogP contribution in [0.3, 0.4) is 0 Å². The van der Waals surface area contributed by atoms with E-state index in [1.54, 1.807) is 0 Å². The highest BCUT2D eigenvalue weighted by Gasteiger charge is 2.35. The van der Waals surface area contributed by atoms with Crippen LogP contribution in [0.1, 0.15) is 12.0 Å². The van der Waals surface area contributed by atoms with Crippen molar-refractivity contribution in [2.75, 3.05) is 22.5 Å². The fourth-order valence-corrected chi connectivity index (χ4v) is 4.66. The fraction of sp³-hybridized carbons (Fsp3) is 0.167. The van der Waals surface area contributed by atoms with Crippen molar-refractivity contribution in [3.8, 4) is 11.1 Å². The topological polar surface area (TPSA) is 49.4 Å². The Hall–Kier alpha value is -3.33. The van der Waals surface area contributed by atoms with Crippen LogP contribution in [0.25, 0.3) is 11.1 Å². The monoisotopic (exact) mass is 474 g/mol. The number of anilines is 2. The van der Waals surface area contributed by atoms with Crippen molar-refractivity contribution in [2.24, 2.45) is 0 Å².